The van der Waals surface area contributed by atoms with Crippen LogP contribution in [0.3, 0.4) is 0 Å². The number of hydrogen-bond donors (Lipinski definition) is 1. The Hall–Kier alpha value is -2.97. The Morgan fingerprint density at radius 1 is 1.17 bits per heavy atom. The number of carbonyl (C=O) groups excluding carboxylic acids is 2. The first kappa shape index (κ1) is 20.8. The number of benzene rings is 1. The maximum absolute atomic E-state index is 12.7. The van der Waals surface area contributed by atoms with Gasteiger partial charge in [0.05, 0.1) is 17.9 Å². The highest BCUT2D eigenvalue weighted by Gasteiger charge is 2.44. The van der Waals surface area contributed by atoms with Gasteiger partial charge in [-0.3, -0.25) is 0 Å². The van der Waals surface area contributed by atoms with E-state index >= 15 is 0 Å². The molecule has 0 unspecified atom stereocenters. The third-order valence-corrected chi connectivity index (χ3v) is 5.46. The van der Waals surface area contributed by atoms with E-state index in [0.29, 0.717) is 24.5 Å². The molecule has 29 heavy (non-hydrogen) atoms. The molecular weight excluding hydrogens is 372 g/mol. The Labute approximate surface area is 170 Å². The fourth-order valence-corrected chi connectivity index (χ4v) is 3.91. The van der Waals surface area contributed by atoms with Gasteiger partial charge in [0.25, 0.3) is 0 Å². The molecule has 0 radical (unpaired) electrons. The van der Waals surface area contributed by atoms with E-state index in [4.69, 9.17) is 4.74 Å². The molecular formula is C20H28N6O3. The molecule has 3 rings (SSSR count). The molecule has 1 fully saturated rings. The van der Waals surface area contributed by atoms with E-state index in [1.165, 1.54) is 0 Å². The first-order chi connectivity index (χ1) is 14.0. The predicted molar refractivity (Wildman–Crippen MR) is 107 cm³/mol. The first-order valence-corrected chi connectivity index (χ1v) is 10.1. The van der Waals surface area contributed by atoms with Gasteiger partial charge in [-0.1, -0.05) is 19.3 Å². The van der Waals surface area contributed by atoms with Crippen molar-refractivity contribution in [1.29, 1.82) is 0 Å². The molecule has 0 aliphatic heterocycles. The number of tetrazole rings is 1. The lowest BCUT2D eigenvalue weighted by molar-refractivity contribution is 0.0526. The molecule has 1 aromatic carbocycles. The van der Waals surface area contributed by atoms with Crippen LogP contribution in [-0.2, 0) is 10.3 Å². The van der Waals surface area contributed by atoms with Crippen LogP contribution in [0.2, 0.25) is 0 Å². The molecule has 1 heterocycles. The highest BCUT2D eigenvalue weighted by molar-refractivity contribution is 5.89. The molecule has 1 N–H and O–H groups in total. The zero-order valence-electron chi connectivity index (χ0n) is 17.2. The van der Waals surface area contributed by atoms with Crippen molar-refractivity contribution in [2.45, 2.75) is 51.5 Å². The lowest BCUT2D eigenvalue weighted by atomic mass is 9.79. The Morgan fingerprint density at radius 2 is 1.86 bits per heavy atom. The van der Waals surface area contributed by atoms with Crippen LogP contribution in [0.1, 0.15) is 62.1 Å². The molecule has 0 saturated heterocycles. The van der Waals surface area contributed by atoms with Crippen LogP contribution < -0.4 is 5.32 Å². The van der Waals surface area contributed by atoms with E-state index in [1.54, 1.807) is 47.8 Å². The monoisotopic (exact) mass is 400 g/mol. The zero-order chi connectivity index (χ0) is 20.9. The second-order valence-electron chi connectivity index (χ2n) is 7.17. The van der Waals surface area contributed by atoms with Crippen LogP contribution in [-0.4, -0.2) is 57.3 Å². The predicted octanol–water partition coefficient (Wildman–Crippen LogP) is 2.66. The van der Waals surface area contributed by atoms with Gasteiger partial charge in [-0.05, 0) is 61.4 Å². The summed E-state index contributed by atoms with van der Waals surface area (Å²) < 4.78 is 6.70. The summed E-state index contributed by atoms with van der Waals surface area (Å²) in [5.41, 5.74) is 0.616. The van der Waals surface area contributed by atoms with E-state index in [1.807, 2.05) is 6.92 Å². The molecule has 1 aliphatic carbocycles. The molecule has 0 atom stereocenters. The minimum absolute atomic E-state index is 0.137. The van der Waals surface area contributed by atoms with Gasteiger partial charge in [-0.25, -0.2) is 9.59 Å². The summed E-state index contributed by atoms with van der Waals surface area (Å²) in [6.45, 7) is 4.55. The summed E-state index contributed by atoms with van der Waals surface area (Å²) in [6, 6.07) is 6.82. The molecule has 156 valence electrons. The second-order valence-corrected chi connectivity index (χ2v) is 7.17. The summed E-state index contributed by atoms with van der Waals surface area (Å²) in [4.78, 5) is 26.3. The van der Waals surface area contributed by atoms with Crippen LogP contribution in [0.15, 0.2) is 24.3 Å². The molecule has 9 nitrogen and oxygen atoms in total. The minimum Gasteiger partial charge on any atom is -0.462 e. The van der Waals surface area contributed by atoms with Crippen molar-refractivity contribution < 1.29 is 14.3 Å². The van der Waals surface area contributed by atoms with E-state index in [9.17, 15) is 9.59 Å². The summed E-state index contributed by atoms with van der Waals surface area (Å²) >= 11 is 0. The third kappa shape index (κ3) is 4.08. The number of rotatable bonds is 6. The van der Waals surface area contributed by atoms with Crippen molar-refractivity contribution in [1.82, 2.24) is 30.4 Å². The highest BCUT2D eigenvalue weighted by Crippen LogP contribution is 2.41. The fourth-order valence-electron chi connectivity index (χ4n) is 3.91. The molecule has 2 aromatic rings. The number of aromatic nitrogens is 4. The van der Waals surface area contributed by atoms with Gasteiger partial charge in [0, 0.05) is 13.6 Å². The van der Waals surface area contributed by atoms with E-state index in [-0.39, 0.29) is 12.0 Å². The molecule has 1 aromatic heterocycles. The number of carbonyl (C=O) groups is 2. The lowest BCUT2D eigenvalue weighted by Gasteiger charge is -2.43. The molecule has 0 spiro atoms. The second kappa shape index (κ2) is 9.02. The maximum Gasteiger partial charge on any atom is 0.338 e. The van der Waals surface area contributed by atoms with Crippen LogP contribution >= 0.6 is 0 Å². The third-order valence-electron chi connectivity index (χ3n) is 5.46. The van der Waals surface area contributed by atoms with Gasteiger partial charge in [0.2, 0.25) is 0 Å². The van der Waals surface area contributed by atoms with Crippen molar-refractivity contribution in [3.63, 3.8) is 0 Å². The normalized spacial score (nSPS) is 15.6. The van der Waals surface area contributed by atoms with Crippen LogP contribution in [0.4, 0.5) is 4.79 Å². The minimum atomic E-state index is -0.583. The highest BCUT2D eigenvalue weighted by atomic mass is 16.5. The zero-order valence-corrected chi connectivity index (χ0v) is 17.2. The van der Waals surface area contributed by atoms with Crippen LogP contribution in [0.25, 0.3) is 5.69 Å². The lowest BCUT2D eigenvalue weighted by Crippen LogP contribution is -2.53. The number of amides is 2. The average Bonchev–Trinajstić information content (AvgIpc) is 3.24. The Bertz CT molecular complexity index is 842. The molecule has 0 bridgehead atoms. The fraction of sp³-hybridized carbons (Fsp3) is 0.550. The largest absolute Gasteiger partial charge is 0.462 e. The summed E-state index contributed by atoms with van der Waals surface area (Å²) in [5.74, 6) is 0.269. The molecule has 2 amide bonds. The van der Waals surface area contributed by atoms with Crippen molar-refractivity contribution in [2.75, 3.05) is 20.2 Å². The standard InChI is InChI=1S/C20H28N6O3/c1-4-21-19(28)25(3)20(13-7-6-8-14-20)18-22-23-24-26(18)16-11-9-15(10-12-16)17(27)29-5-2/h9-12H,4-8,13-14H2,1-3H3,(H,21,28). The quantitative estimate of drug-likeness (QED) is 0.748. The maximum atomic E-state index is 12.7. The van der Waals surface area contributed by atoms with Gasteiger partial charge >= 0.3 is 12.0 Å². The Morgan fingerprint density at radius 3 is 2.48 bits per heavy atom. The van der Waals surface area contributed by atoms with E-state index in [0.717, 1.165) is 37.8 Å². The number of urea groups is 1. The summed E-state index contributed by atoms with van der Waals surface area (Å²) in [6.07, 6.45) is 4.71. The molecule has 1 saturated carbocycles. The Balaban J connectivity index is 1.97. The number of nitrogens with one attached hydrogen (secondary N) is 1. The van der Waals surface area contributed by atoms with E-state index < -0.39 is 5.54 Å². The van der Waals surface area contributed by atoms with Gasteiger partial charge in [0.1, 0.15) is 5.54 Å². The van der Waals surface area contributed by atoms with Crippen LogP contribution in [0, 0.1) is 0 Å². The number of esters is 1. The van der Waals surface area contributed by atoms with E-state index in [2.05, 4.69) is 20.8 Å². The number of nitrogens with zero attached hydrogens (tertiary/aromatic N) is 5. The van der Waals surface area contributed by atoms with Gasteiger partial charge in [0.15, 0.2) is 5.82 Å². The van der Waals surface area contributed by atoms with Crippen molar-refractivity contribution >= 4 is 12.0 Å². The SMILES string of the molecule is CCNC(=O)N(C)C1(c2nnnn2-c2ccc(C(=O)OCC)cc2)CCCCC1. The molecule has 1 aliphatic rings. The summed E-state index contributed by atoms with van der Waals surface area (Å²) in [7, 11) is 1.80. The van der Waals surface area contributed by atoms with Gasteiger partial charge in [-0.2, -0.15) is 4.68 Å². The molecule has 9 heteroatoms. The first-order valence-electron chi connectivity index (χ1n) is 10.1. The van der Waals surface area contributed by atoms with Gasteiger partial charge in [-0.15, -0.1) is 5.10 Å². The summed E-state index contributed by atoms with van der Waals surface area (Å²) in [5, 5.41) is 15.3. The number of ether oxygens (including phenoxy) is 1. The van der Waals surface area contributed by atoms with Crippen molar-refractivity contribution in [3.8, 4) is 5.69 Å². The van der Waals surface area contributed by atoms with Gasteiger partial charge < -0.3 is 15.0 Å². The van der Waals surface area contributed by atoms with Crippen molar-refractivity contribution in [2.24, 2.45) is 0 Å². The number of hydrogen-bond acceptors (Lipinski definition) is 6. The topological polar surface area (TPSA) is 102 Å². The van der Waals surface area contributed by atoms with Crippen molar-refractivity contribution in [3.05, 3.63) is 35.7 Å². The average molecular weight is 400 g/mol. The van der Waals surface area contributed by atoms with Crippen LogP contribution in [0.5, 0.6) is 0 Å². The smallest absolute Gasteiger partial charge is 0.338 e. The Kier molecular flexibility index (Phi) is 6.46.